The molecule has 1 fully saturated rings. The summed E-state index contributed by atoms with van der Waals surface area (Å²) in [5, 5.41) is 10.3. The third-order valence-electron chi connectivity index (χ3n) is 4.84. The Labute approximate surface area is 155 Å². The molecule has 140 valence electrons. The second-order valence-electron chi connectivity index (χ2n) is 6.77. The number of piperazine rings is 1. The molecule has 0 amide bonds. The van der Waals surface area contributed by atoms with E-state index in [1.54, 1.807) is 7.11 Å². The Bertz CT molecular complexity index is 657. The van der Waals surface area contributed by atoms with Crippen molar-refractivity contribution in [3.05, 3.63) is 60.2 Å². The Morgan fingerprint density at radius 3 is 2.46 bits per heavy atom. The van der Waals surface area contributed by atoms with Crippen LogP contribution in [0, 0.1) is 0 Å². The largest absolute Gasteiger partial charge is 0.495 e. The molecule has 2 aromatic rings. The zero-order valence-electron chi connectivity index (χ0n) is 15.4. The Kier molecular flexibility index (Phi) is 6.89. The van der Waals surface area contributed by atoms with Gasteiger partial charge in [0.15, 0.2) is 0 Å². The maximum atomic E-state index is 10.3. The van der Waals surface area contributed by atoms with Crippen molar-refractivity contribution in [1.29, 1.82) is 0 Å². The molecule has 26 heavy (non-hydrogen) atoms. The SMILES string of the molecule is COc1ccccc1N1CC[NH+](C[C@H](O)COCc2ccccc2)CC1. The van der Waals surface area contributed by atoms with Crippen LogP contribution in [-0.2, 0) is 11.3 Å². The maximum Gasteiger partial charge on any atom is 0.142 e. The minimum absolute atomic E-state index is 0.384. The first-order valence-electron chi connectivity index (χ1n) is 9.27. The van der Waals surface area contributed by atoms with Gasteiger partial charge in [-0.05, 0) is 17.7 Å². The van der Waals surface area contributed by atoms with Crippen LogP contribution in [0.15, 0.2) is 54.6 Å². The molecule has 5 nitrogen and oxygen atoms in total. The zero-order valence-corrected chi connectivity index (χ0v) is 15.4. The van der Waals surface area contributed by atoms with E-state index in [-0.39, 0.29) is 0 Å². The molecule has 5 heteroatoms. The standard InChI is InChI=1S/C21H28N2O3/c1-25-21-10-6-5-9-20(21)23-13-11-22(12-14-23)15-19(24)17-26-16-18-7-3-2-4-8-18/h2-10,19,24H,11-17H2,1H3/p+1/t19-/m0/s1. The van der Waals surface area contributed by atoms with Crippen molar-refractivity contribution in [2.75, 3.05) is 51.3 Å². The first-order valence-corrected chi connectivity index (χ1v) is 9.27. The number of hydrogen-bond donors (Lipinski definition) is 2. The molecule has 3 rings (SSSR count). The Hall–Kier alpha value is -2.08. The number of rotatable bonds is 8. The number of anilines is 1. The number of ether oxygens (including phenoxy) is 2. The third-order valence-corrected chi connectivity index (χ3v) is 4.84. The minimum Gasteiger partial charge on any atom is -0.495 e. The molecule has 0 aliphatic carbocycles. The molecule has 1 atom stereocenters. The highest BCUT2D eigenvalue weighted by Gasteiger charge is 2.24. The summed E-state index contributed by atoms with van der Waals surface area (Å²) in [6, 6.07) is 18.2. The Morgan fingerprint density at radius 2 is 1.73 bits per heavy atom. The molecular weight excluding hydrogens is 328 g/mol. The number of quaternary nitrogens is 1. The van der Waals surface area contributed by atoms with E-state index in [0.717, 1.165) is 49.7 Å². The number of para-hydroxylation sites is 2. The molecule has 2 aromatic carbocycles. The number of nitrogens with one attached hydrogen (secondary N) is 1. The number of aliphatic hydroxyl groups excluding tert-OH is 1. The van der Waals surface area contributed by atoms with E-state index in [4.69, 9.17) is 9.47 Å². The average molecular weight is 357 g/mol. The molecule has 1 heterocycles. The van der Waals surface area contributed by atoms with Crippen LogP contribution < -0.4 is 14.5 Å². The van der Waals surface area contributed by atoms with Crippen LogP contribution in [0.2, 0.25) is 0 Å². The van der Waals surface area contributed by atoms with Gasteiger partial charge in [0.1, 0.15) is 18.4 Å². The van der Waals surface area contributed by atoms with Gasteiger partial charge in [0.05, 0.1) is 52.2 Å². The van der Waals surface area contributed by atoms with Gasteiger partial charge in [-0.2, -0.15) is 0 Å². The summed E-state index contributed by atoms with van der Waals surface area (Å²) in [7, 11) is 1.71. The van der Waals surface area contributed by atoms with Crippen LogP contribution in [0.3, 0.4) is 0 Å². The molecule has 1 saturated heterocycles. The smallest absolute Gasteiger partial charge is 0.142 e. The van der Waals surface area contributed by atoms with E-state index in [1.165, 1.54) is 4.90 Å². The second kappa shape index (κ2) is 9.57. The number of methoxy groups -OCH3 is 1. The highest BCUT2D eigenvalue weighted by molar-refractivity contribution is 5.58. The lowest BCUT2D eigenvalue weighted by atomic mass is 10.2. The molecule has 0 spiro atoms. The molecule has 0 bridgehead atoms. The van der Waals surface area contributed by atoms with E-state index < -0.39 is 6.10 Å². The summed E-state index contributed by atoms with van der Waals surface area (Å²) >= 11 is 0. The van der Waals surface area contributed by atoms with Crippen LogP contribution in [0.5, 0.6) is 5.75 Å². The summed E-state index contributed by atoms with van der Waals surface area (Å²) < 4.78 is 11.1. The van der Waals surface area contributed by atoms with E-state index in [0.29, 0.717) is 13.2 Å². The van der Waals surface area contributed by atoms with Gasteiger partial charge in [-0.1, -0.05) is 42.5 Å². The summed E-state index contributed by atoms with van der Waals surface area (Å²) in [5.74, 6) is 0.922. The predicted octanol–water partition coefficient (Wildman–Crippen LogP) is 0.978. The fourth-order valence-electron chi connectivity index (χ4n) is 3.44. The summed E-state index contributed by atoms with van der Waals surface area (Å²) in [4.78, 5) is 3.78. The lowest BCUT2D eigenvalue weighted by Crippen LogP contribution is -3.16. The zero-order chi connectivity index (χ0) is 18.2. The highest BCUT2D eigenvalue weighted by Crippen LogP contribution is 2.27. The van der Waals surface area contributed by atoms with E-state index in [9.17, 15) is 5.11 Å². The number of aliphatic hydroxyl groups is 1. The van der Waals surface area contributed by atoms with Gasteiger partial charge in [0, 0.05) is 0 Å². The van der Waals surface area contributed by atoms with Crippen LogP contribution in [0.25, 0.3) is 0 Å². The van der Waals surface area contributed by atoms with Crippen LogP contribution in [0.1, 0.15) is 5.56 Å². The first kappa shape index (κ1) is 18.7. The van der Waals surface area contributed by atoms with Gasteiger partial charge >= 0.3 is 0 Å². The van der Waals surface area contributed by atoms with Crippen molar-refractivity contribution in [1.82, 2.24) is 0 Å². The van der Waals surface area contributed by atoms with E-state index in [1.807, 2.05) is 48.5 Å². The molecule has 1 aliphatic heterocycles. The fourth-order valence-corrected chi connectivity index (χ4v) is 3.44. The van der Waals surface area contributed by atoms with Crippen molar-refractivity contribution in [2.24, 2.45) is 0 Å². The fraction of sp³-hybridized carbons (Fsp3) is 0.429. The van der Waals surface area contributed by atoms with E-state index in [2.05, 4.69) is 11.0 Å². The van der Waals surface area contributed by atoms with E-state index >= 15 is 0 Å². The average Bonchev–Trinajstić information content (AvgIpc) is 2.69. The minimum atomic E-state index is -0.425. The van der Waals surface area contributed by atoms with Gasteiger partial charge in [0.2, 0.25) is 0 Å². The first-order chi connectivity index (χ1) is 12.8. The van der Waals surface area contributed by atoms with Crippen molar-refractivity contribution in [3.8, 4) is 5.75 Å². The second-order valence-corrected chi connectivity index (χ2v) is 6.77. The molecule has 1 aliphatic rings. The highest BCUT2D eigenvalue weighted by atomic mass is 16.5. The van der Waals surface area contributed by atoms with Crippen LogP contribution in [0.4, 0.5) is 5.69 Å². The molecule has 0 saturated carbocycles. The van der Waals surface area contributed by atoms with Crippen LogP contribution in [-0.4, -0.2) is 57.7 Å². The van der Waals surface area contributed by atoms with Crippen LogP contribution >= 0.6 is 0 Å². The van der Waals surface area contributed by atoms with Gasteiger partial charge in [-0.25, -0.2) is 0 Å². The predicted molar refractivity (Wildman–Crippen MR) is 103 cm³/mol. The summed E-state index contributed by atoms with van der Waals surface area (Å²) in [6.07, 6.45) is -0.425. The molecule has 0 radical (unpaired) electrons. The van der Waals surface area contributed by atoms with Gasteiger partial charge in [-0.3, -0.25) is 0 Å². The molecule has 0 unspecified atom stereocenters. The number of hydrogen-bond acceptors (Lipinski definition) is 4. The maximum absolute atomic E-state index is 10.3. The van der Waals surface area contributed by atoms with Crippen molar-refractivity contribution < 1.29 is 19.5 Å². The van der Waals surface area contributed by atoms with Gasteiger partial charge < -0.3 is 24.4 Å². The topological polar surface area (TPSA) is 46.4 Å². The van der Waals surface area contributed by atoms with Crippen molar-refractivity contribution in [3.63, 3.8) is 0 Å². The molecule has 0 aromatic heterocycles. The quantitative estimate of drug-likeness (QED) is 0.739. The molecule has 2 N–H and O–H groups in total. The number of nitrogens with zero attached hydrogens (tertiary/aromatic N) is 1. The Balaban J connectivity index is 1.39. The van der Waals surface area contributed by atoms with Crippen molar-refractivity contribution >= 4 is 5.69 Å². The lowest BCUT2D eigenvalue weighted by molar-refractivity contribution is -0.903. The van der Waals surface area contributed by atoms with Gasteiger partial charge in [-0.15, -0.1) is 0 Å². The molecular formula is C21H29N2O3+. The Morgan fingerprint density at radius 1 is 1.04 bits per heavy atom. The normalized spacial score (nSPS) is 16.5. The monoisotopic (exact) mass is 357 g/mol. The lowest BCUT2D eigenvalue weighted by Gasteiger charge is -2.35. The van der Waals surface area contributed by atoms with Gasteiger partial charge in [0.25, 0.3) is 0 Å². The van der Waals surface area contributed by atoms with Crippen molar-refractivity contribution in [2.45, 2.75) is 12.7 Å². The summed E-state index contributed by atoms with van der Waals surface area (Å²) in [5.41, 5.74) is 2.29. The summed E-state index contributed by atoms with van der Waals surface area (Å²) in [6.45, 7) is 5.61. The number of benzene rings is 2. The third kappa shape index (κ3) is 5.21.